The van der Waals surface area contributed by atoms with Crippen LogP contribution in [0, 0.1) is 0 Å². The summed E-state index contributed by atoms with van der Waals surface area (Å²) in [5.74, 6) is 0.551. The number of anilines is 1. The molecule has 0 fully saturated rings. The number of hydrogen-bond donors (Lipinski definition) is 2. The Kier molecular flexibility index (Phi) is 5.20. The van der Waals surface area contributed by atoms with Gasteiger partial charge in [-0.2, -0.15) is 13.2 Å². The summed E-state index contributed by atoms with van der Waals surface area (Å²) in [6, 6.07) is 14.3. The number of halogens is 3. The van der Waals surface area contributed by atoms with Gasteiger partial charge in [0, 0.05) is 22.4 Å². The number of nitrogens with zero attached hydrogens (tertiary/aromatic N) is 2. The van der Waals surface area contributed by atoms with E-state index >= 15 is 0 Å². The number of benzene rings is 2. The van der Waals surface area contributed by atoms with E-state index in [2.05, 4.69) is 9.98 Å². The zero-order chi connectivity index (χ0) is 21.3. The van der Waals surface area contributed by atoms with Crippen LogP contribution in [0.1, 0.15) is 35.1 Å². The van der Waals surface area contributed by atoms with Gasteiger partial charge in [0.05, 0.1) is 11.3 Å². The van der Waals surface area contributed by atoms with Gasteiger partial charge < -0.3 is 11.5 Å². The molecule has 4 nitrogen and oxygen atoms in total. The molecule has 4 rings (SSSR count). The van der Waals surface area contributed by atoms with Crippen molar-refractivity contribution in [2.24, 2.45) is 10.7 Å². The maximum absolute atomic E-state index is 13.6. The predicted molar refractivity (Wildman–Crippen MR) is 113 cm³/mol. The first-order valence-corrected chi connectivity index (χ1v) is 9.73. The fourth-order valence-electron chi connectivity index (χ4n) is 3.81. The Morgan fingerprint density at radius 3 is 2.43 bits per heavy atom. The van der Waals surface area contributed by atoms with Gasteiger partial charge >= 0.3 is 6.18 Å². The summed E-state index contributed by atoms with van der Waals surface area (Å²) in [4.78, 5) is 9.02. The molecule has 2 aromatic carbocycles. The third-order valence-corrected chi connectivity index (χ3v) is 5.29. The molecular formula is C23H21F3N4. The molecule has 1 aliphatic rings. The molecule has 0 saturated heterocycles. The van der Waals surface area contributed by atoms with Gasteiger partial charge in [0.25, 0.3) is 0 Å². The summed E-state index contributed by atoms with van der Waals surface area (Å²) in [6.07, 6.45) is -0.991. The van der Waals surface area contributed by atoms with Gasteiger partial charge in [0.15, 0.2) is 5.82 Å². The van der Waals surface area contributed by atoms with Gasteiger partial charge in [-0.1, -0.05) is 30.3 Å². The lowest BCUT2D eigenvalue weighted by molar-refractivity contribution is -0.137. The van der Waals surface area contributed by atoms with E-state index in [-0.39, 0.29) is 17.1 Å². The lowest BCUT2D eigenvalue weighted by Crippen LogP contribution is -2.16. The van der Waals surface area contributed by atoms with Crippen LogP contribution >= 0.6 is 0 Å². The number of alkyl halides is 3. The highest BCUT2D eigenvalue weighted by Gasteiger charge is 2.34. The molecule has 30 heavy (non-hydrogen) atoms. The van der Waals surface area contributed by atoms with Crippen LogP contribution < -0.4 is 11.5 Å². The Labute approximate surface area is 172 Å². The highest BCUT2D eigenvalue weighted by molar-refractivity contribution is 6.03. The monoisotopic (exact) mass is 410 g/mol. The summed E-state index contributed by atoms with van der Waals surface area (Å²) in [6.45, 7) is 0. The number of aliphatic imine (C=N–C) groups is 1. The molecule has 1 aliphatic carbocycles. The molecule has 3 aromatic rings. The fraction of sp³-hybridized carbons (Fsp3) is 0.217. The first kappa shape index (κ1) is 19.9. The lowest BCUT2D eigenvalue weighted by atomic mass is 9.90. The van der Waals surface area contributed by atoms with Crippen molar-refractivity contribution in [1.82, 2.24) is 4.98 Å². The van der Waals surface area contributed by atoms with Gasteiger partial charge in [-0.15, -0.1) is 0 Å². The third kappa shape index (κ3) is 3.87. The van der Waals surface area contributed by atoms with Crippen molar-refractivity contribution in [2.75, 3.05) is 5.73 Å². The van der Waals surface area contributed by atoms with Crippen molar-refractivity contribution >= 4 is 17.3 Å². The zero-order valence-corrected chi connectivity index (χ0v) is 16.2. The van der Waals surface area contributed by atoms with Crippen molar-refractivity contribution in [3.63, 3.8) is 0 Å². The van der Waals surface area contributed by atoms with Gasteiger partial charge in [0.2, 0.25) is 0 Å². The number of hydrogen-bond acceptors (Lipinski definition) is 3. The molecule has 0 amide bonds. The minimum absolute atomic E-state index is 0.0348. The van der Waals surface area contributed by atoms with E-state index < -0.39 is 11.7 Å². The molecule has 1 heterocycles. The van der Waals surface area contributed by atoms with Gasteiger partial charge in [-0.05, 0) is 55.5 Å². The van der Waals surface area contributed by atoms with Crippen LogP contribution in [0.5, 0.6) is 0 Å². The minimum atomic E-state index is -4.48. The Balaban J connectivity index is 1.89. The van der Waals surface area contributed by atoms with Crippen LogP contribution in [-0.4, -0.2) is 10.8 Å². The standard InChI is InChI=1S/C23H21F3N4/c24-23(25,26)18-11-5-3-9-16(18)20-13-14-7-1-2-8-15(14)22(29-20)30-21(28)17-10-4-6-12-19(17)27/h3-6,9-13H,1-2,7-8,27H2,(H2,28,29,30). The number of rotatable bonds is 3. The lowest BCUT2D eigenvalue weighted by Gasteiger charge is -2.20. The molecule has 0 bridgehead atoms. The van der Waals surface area contributed by atoms with E-state index in [1.165, 1.54) is 12.1 Å². The second kappa shape index (κ2) is 7.82. The molecule has 4 N–H and O–H groups in total. The summed E-state index contributed by atoms with van der Waals surface area (Å²) in [7, 11) is 0. The number of aromatic nitrogens is 1. The van der Waals surface area contributed by atoms with Crippen LogP contribution in [0.25, 0.3) is 11.3 Å². The Hall–Kier alpha value is -3.35. The molecule has 7 heteroatoms. The zero-order valence-electron chi connectivity index (χ0n) is 16.2. The van der Waals surface area contributed by atoms with E-state index in [1.807, 2.05) is 0 Å². The summed E-state index contributed by atoms with van der Waals surface area (Å²) >= 11 is 0. The minimum Gasteiger partial charge on any atom is -0.398 e. The topological polar surface area (TPSA) is 77.3 Å². The van der Waals surface area contributed by atoms with E-state index in [0.29, 0.717) is 17.1 Å². The van der Waals surface area contributed by atoms with E-state index in [0.717, 1.165) is 42.9 Å². The summed E-state index contributed by atoms with van der Waals surface area (Å²) in [5, 5.41) is 0. The van der Waals surface area contributed by atoms with Crippen LogP contribution in [0.3, 0.4) is 0 Å². The quantitative estimate of drug-likeness (QED) is 0.351. The number of aryl methyl sites for hydroxylation is 1. The van der Waals surface area contributed by atoms with Crippen molar-refractivity contribution < 1.29 is 13.2 Å². The predicted octanol–water partition coefficient (Wildman–Crippen LogP) is 5.27. The Morgan fingerprint density at radius 1 is 0.967 bits per heavy atom. The first-order valence-electron chi connectivity index (χ1n) is 9.73. The number of nitrogen functional groups attached to an aromatic ring is 1. The Bertz CT molecular complexity index is 1120. The SMILES string of the molecule is N/C(=N\c1nc(-c2ccccc2C(F)(F)F)cc2c1CCCC2)c1ccccc1N. The molecule has 154 valence electrons. The molecule has 0 aliphatic heterocycles. The van der Waals surface area contributed by atoms with E-state index in [1.54, 1.807) is 36.4 Å². The molecule has 0 radical (unpaired) electrons. The molecule has 1 aromatic heterocycles. The van der Waals surface area contributed by atoms with Crippen LogP contribution in [0.15, 0.2) is 59.6 Å². The highest BCUT2D eigenvalue weighted by Crippen LogP contribution is 2.39. The van der Waals surface area contributed by atoms with Crippen LogP contribution in [-0.2, 0) is 19.0 Å². The molecule has 0 atom stereocenters. The van der Waals surface area contributed by atoms with Gasteiger partial charge in [-0.25, -0.2) is 9.98 Å². The summed E-state index contributed by atoms with van der Waals surface area (Å²) in [5.41, 5.74) is 14.7. The first-order chi connectivity index (χ1) is 14.3. The molecular weight excluding hydrogens is 389 g/mol. The number of amidine groups is 1. The fourth-order valence-corrected chi connectivity index (χ4v) is 3.81. The summed E-state index contributed by atoms with van der Waals surface area (Å²) < 4.78 is 40.7. The molecule has 0 unspecified atom stereocenters. The third-order valence-electron chi connectivity index (χ3n) is 5.29. The van der Waals surface area contributed by atoms with Gasteiger partial charge in [-0.3, -0.25) is 0 Å². The average Bonchev–Trinajstić information content (AvgIpc) is 2.73. The smallest absolute Gasteiger partial charge is 0.398 e. The van der Waals surface area contributed by atoms with Crippen molar-refractivity contribution in [1.29, 1.82) is 0 Å². The van der Waals surface area contributed by atoms with Crippen LogP contribution in [0.4, 0.5) is 24.7 Å². The second-order valence-electron chi connectivity index (χ2n) is 7.30. The molecule has 0 spiro atoms. The normalized spacial score (nSPS) is 14.4. The maximum atomic E-state index is 13.6. The molecule has 0 saturated carbocycles. The average molecular weight is 410 g/mol. The van der Waals surface area contributed by atoms with Crippen molar-refractivity contribution in [2.45, 2.75) is 31.9 Å². The number of pyridine rings is 1. The van der Waals surface area contributed by atoms with Crippen LogP contribution in [0.2, 0.25) is 0 Å². The number of fused-ring (bicyclic) bond motifs is 1. The maximum Gasteiger partial charge on any atom is 0.417 e. The Morgan fingerprint density at radius 2 is 1.67 bits per heavy atom. The van der Waals surface area contributed by atoms with Crippen molar-refractivity contribution in [3.8, 4) is 11.3 Å². The van der Waals surface area contributed by atoms with Crippen molar-refractivity contribution in [3.05, 3.63) is 76.9 Å². The van der Waals surface area contributed by atoms with E-state index in [9.17, 15) is 13.2 Å². The van der Waals surface area contributed by atoms with E-state index in [4.69, 9.17) is 11.5 Å². The largest absolute Gasteiger partial charge is 0.417 e. The highest BCUT2D eigenvalue weighted by atomic mass is 19.4. The van der Waals surface area contributed by atoms with Gasteiger partial charge in [0.1, 0.15) is 5.84 Å². The number of para-hydroxylation sites is 1. The number of nitrogens with two attached hydrogens (primary N) is 2. The second-order valence-corrected chi connectivity index (χ2v) is 7.30.